The maximum absolute atomic E-state index is 13.2. The molecule has 7 nitrogen and oxygen atoms in total. The van der Waals surface area contributed by atoms with Crippen LogP contribution in [-0.2, 0) is 19.8 Å². The molecule has 1 heterocycles. The first-order valence-electron chi connectivity index (χ1n) is 11.3. The lowest BCUT2D eigenvalue weighted by Crippen LogP contribution is -2.52. The number of rotatable bonds is 5. The molecule has 0 unspecified atom stereocenters. The fourth-order valence-corrected chi connectivity index (χ4v) is 5.26. The highest BCUT2D eigenvalue weighted by molar-refractivity contribution is 5.87. The summed E-state index contributed by atoms with van der Waals surface area (Å²) in [6.45, 7) is 4.13. The van der Waals surface area contributed by atoms with Crippen LogP contribution in [0.3, 0.4) is 0 Å². The summed E-state index contributed by atoms with van der Waals surface area (Å²) in [5.74, 6) is -0.246. The van der Waals surface area contributed by atoms with Gasteiger partial charge in [-0.25, -0.2) is 0 Å². The number of hydrogen-bond acceptors (Lipinski definition) is 4. The second-order valence-electron chi connectivity index (χ2n) is 9.09. The molecule has 0 radical (unpaired) electrons. The van der Waals surface area contributed by atoms with E-state index < -0.39 is 12.1 Å². The van der Waals surface area contributed by atoms with E-state index >= 15 is 0 Å². The third-order valence-corrected chi connectivity index (χ3v) is 7.13. The van der Waals surface area contributed by atoms with Crippen molar-refractivity contribution < 1.29 is 19.5 Å². The molecule has 0 aromatic heterocycles. The van der Waals surface area contributed by atoms with Gasteiger partial charge >= 0.3 is 0 Å². The van der Waals surface area contributed by atoms with Gasteiger partial charge in [-0.2, -0.15) is 0 Å². The van der Waals surface area contributed by atoms with Gasteiger partial charge in [-0.1, -0.05) is 30.3 Å². The molecule has 1 saturated heterocycles. The second kappa shape index (κ2) is 9.81. The molecule has 1 aromatic rings. The van der Waals surface area contributed by atoms with E-state index in [1.807, 2.05) is 18.2 Å². The van der Waals surface area contributed by atoms with Crippen LogP contribution in [0.25, 0.3) is 0 Å². The maximum atomic E-state index is 13.2. The Kier molecular flexibility index (Phi) is 7.36. The average Bonchev–Trinajstić information content (AvgIpc) is 3.19. The average molecular weight is 430 g/mol. The molecule has 1 aliphatic heterocycles. The third-order valence-electron chi connectivity index (χ3n) is 7.13. The number of carbonyl (C=O) groups excluding carboxylic acids is 3. The van der Waals surface area contributed by atoms with E-state index in [0.29, 0.717) is 32.4 Å². The minimum atomic E-state index is -0.649. The van der Waals surface area contributed by atoms with Crippen LogP contribution in [0, 0.1) is 0 Å². The molecule has 0 bridgehead atoms. The van der Waals surface area contributed by atoms with Crippen LogP contribution in [0.5, 0.6) is 0 Å². The molecule has 1 aromatic carbocycles. The van der Waals surface area contributed by atoms with Crippen LogP contribution in [0.1, 0.15) is 57.9 Å². The van der Waals surface area contributed by atoms with Crippen LogP contribution in [0.2, 0.25) is 0 Å². The topological polar surface area (TPSA) is 89.9 Å². The van der Waals surface area contributed by atoms with Gasteiger partial charge in [-0.3, -0.25) is 14.4 Å². The van der Waals surface area contributed by atoms with E-state index in [0.717, 1.165) is 24.8 Å². The largest absolute Gasteiger partial charge is 0.391 e. The monoisotopic (exact) mass is 429 g/mol. The minimum absolute atomic E-state index is 0.0745. The second-order valence-corrected chi connectivity index (χ2v) is 9.09. The molecular weight excluding hydrogens is 394 g/mol. The molecule has 2 aliphatic rings. The minimum Gasteiger partial charge on any atom is -0.391 e. The van der Waals surface area contributed by atoms with Gasteiger partial charge in [0.15, 0.2) is 0 Å². The molecular formula is C24H35N3O4. The molecule has 3 rings (SSSR count). The summed E-state index contributed by atoms with van der Waals surface area (Å²) in [5.41, 5.74) is 0.856. The van der Waals surface area contributed by atoms with Crippen molar-refractivity contribution in [2.24, 2.45) is 0 Å². The number of likely N-dealkylation sites (N-methyl/N-ethyl adjacent to an activating group) is 1. The Labute approximate surface area is 184 Å². The number of benzene rings is 1. The van der Waals surface area contributed by atoms with Crippen molar-refractivity contribution in [2.45, 2.75) is 76.0 Å². The summed E-state index contributed by atoms with van der Waals surface area (Å²) in [7, 11) is 1.75. The number of hydrogen-bond donors (Lipinski definition) is 2. The number of likely N-dealkylation sites (tertiary alicyclic amines) is 1. The van der Waals surface area contributed by atoms with Gasteiger partial charge in [0.25, 0.3) is 0 Å². The summed E-state index contributed by atoms with van der Waals surface area (Å²) in [6.07, 6.45) is 3.48. The number of aliphatic hydroxyl groups is 1. The van der Waals surface area contributed by atoms with Crippen molar-refractivity contribution in [1.29, 1.82) is 0 Å². The molecule has 1 aliphatic carbocycles. The predicted molar refractivity (Wildman–Crippen MR) is 118 cm³/mol. The van der Waals surface area contributed by atoms with Crippen molar-refractivity contribution >= 4 is 17.7 Å². The molecule has 31 heavy (non-hydrogen) atoms. The van der Waals surface area contributed by atoms with Crippen molar-refractivity contribution in [2.75, 3.05) is 20.1 Å². The first-order chi connectivity index (χ1) is 14.7. The van der Waals surface area contributed by atoms with Gasteiger partial charge < -0.3 is 20.2 Å². The molecule has 4 atom stereocenters. The lowest BCUT2D eigenvalue weighted by molar-refractivity contribution is -0.145. The van der Waals surface area contributed by atoms with E-state index in [1.165, 1.54) is 13.8 Å². The summed E-state index contributed by atoms with van der Waals surface area (Å²) >= 11 is 0. The summed E-state index contributed by atoms with van der Waals surface area (Å²) in [5, 5.41) is 14.0. The molecule has 1 saturated carbocycles. The van der Waals surface area contributed by atoms with Gasteiger partial charge in [0.1, 0.15) is 6.04 Å². The van der Waals surface area contributed by atoms with Gasteiger partial charge in [-0.05, 0) is 44.1 Å². The molecule has 7 heteroatoms. The van der Waals surface area contributed by atoms with Gasteiger partial charge in [0.2, 0.25) is 17.7 Å². The number of nitrogens with one attached hydrogen (secondary N) is 1. The van der Waals surface area contributed by atoms with E-state index in [1.54, 1.807) is 16.8 Å². The van der Waals surface area contributed by atoms with Crippen LogP contribution in [0.15, 0.2) is 30.3 Å². The highest BCUT2D eigenvalue weighted by Gasteiger charge is 2.42. The van der Waals surface area contributed by atoms with Gasteiger partial charge in [0.05, 0.1) is 12.1 Å². The summed E-state index contributed by atoms with van der Waals surface area (Å²) < 4.78 is 0. The number of carbonyl (C=O) groups is 3. The smallest absolute Gasteiger partial charge is 0.245 e. The standard InChI is InChI=1S/C24H35N3O4/c1-17(28)25-16-24(19-8-5-4-6-9-19)13-11-20(22(30)12-14-24)26(3)23(31)21-10-7-15-27(21)18(2)29/h4-6,8-9,20-22,30H,7,10-16H2,1-3H3,(H,25,28)/t20-,21+,22-,24-/m1/s1. The molecule has 3 amide bonds. The van der Waals surface area contributed by atoms with Crippen molar-refractivity contribution in [1.82, 2.24) is 15.1 Å². The number of aliphatic hydroxyl groups excluding tert-OH is 1. The van der Waals surface area contributed by atoms with Crippen LogP contribution in [-0.4, -0.2) is 71.0 Å². The Balaban J connectivity index is 1.79. The van der Waals surface area contributed by atoms with Gasteiger partial charge in [0, 0.05) is 39.4 Å². The zero-order valence-electron chi connectivity index (χ0n) is 18.8. The van der Waals surface area contributed by atoms with Crippen LogP contribution >= 0.6 is 0 Å². The SMILES string of the molecule is CC(=O)NC[C@]1(c2ccccc2)CC[C@@H](O)[C@H](N(C)C(=O)[C@@H]2CCCN2C(C)=O)CC1. The van der Waals surface area contributed by atoms with Crippen molar-refractivity contribution in [3.63, 3.8) is 0 Å². The van der Waals surface area contributed by atoms with E-state index in [9.17, 15) is 19.5 Å². The molecule has 0 spiro atoms. The quantitative estimate of drug-likeness (QED) is 0.699. The zero-order valence-corrected chi connectivity index (χ0v) is 18.8. The third kappa shape index (κ3) is 5.09. The Bertz CT molecular complexity index is 799. The lowest BCUT2D eigenvalue weighted by Gasteiger charge is -2.35. The normalized spacial score (nSPS) is 28.6. The van der Waals surface area contributed by atoms with Crippen molar-refractivity contribution in [3.05, 3.63) is 35.9 Å². The zero-order chi connectivity index (χ0) is 22.6. The van der Waals surface area contributed by atoms with E-state index in [-0.39, 0.29) is 29.2 Å². The first kappa shape index (κ1) is 23.3. The first-order valence-corrected chi connectivity index (χ1v) is 11.3. The fourth-order valence-electron chi connectivity index (χ4n) is 5.26. The van der Waals surface area contributed by atoms with Crippen LogP contribution < -0.4 is 5.32 Å². The Hall–Kier alpha value is -2.41. The number of nitrogens with zero attached hydrogens (tertiary/aromatic N) is 2. The highest BCUT2D eigenvalue weighted by atomic mass is 16.3. The van der Waals surface area contributed by atoms with E-state index in [4.69, 9.17) is 0 Å². The molecule has 2 fully saturated rings. The van der Waals surface area contributed by atoms with Crippen molar-refractivity contribution in [3.8, 4) is 0 Å². The van der Waals surface area contributed by atoms with Gasteiger partial charge in [-0.15, -0.1) is 0 Å². The van der Waals surface area contributed by atoms with Crippen LogP contribution in [0.4, 0.5) is 0 Å². The number of amides is 3. The maximum Gasteiger partial charge on any atom is 0.245 e. The predicted octanol–water partition coefficient (Wildman–Crippen LogP) is 1.83. The summed E-state index contributed by atoms with van der Waals surface area (Å²) in [6, 6.07) is 9.37. The lowest BCUT2D eigenvalue weighted by atomic mass is 9.74. The highest BCUT2D eigenvalue weighted by Crippen LogP contribution is 2.39. The fraction of sp³-hybridized carbons (Fsp3) is 0.625. The van der Waals surface area contributed by atoms with E-state index in [2.05, 4.69) is 17.4 Å². The Morgan fingerprint density at radius 2 is 1.81 bits per heavy atom. The molecule has 2 N–H and O–H groups in total. The summed E-state index contributed by atoms with van der Waals surface area (Å²) in [4.78, 5) is 40.1. The Morgan fingerprint density at radius 1 is 1.13 bits per heavy atom. The molecule has 170 valence electrons. The Morgan fingerprint density at radius 3 is 2.45 bits per heavy atom.